The van der Waals surface area contributed by atoms with Crippen LogP contribution in [0.1, 0.15) is 31.9 Å². The van der Waals surface area contributed by atoms with Crippen molar-refractivity contribution in [3.05, 3.63) is 22.2 Å². The summed E-state index contributed by atoms with van der Waals surface area (Å²) in [6.45, 7) is 5.94. The highest BCUT2D eigenvalue weighted by molar-refractivity contribution is 9.10. The maximum atomic E-state index is 5.75. The zero-order chi connectivity index (χ0) is 15.4. The van der Waals surface area contributed by atoms with Gasteiger partial charge in [-0.3, -0.25) is 0 Å². The van der Waals surface area contributed by atoms with Crippen molar-refractivity contribution in [2.24, 2.45) is 5.92 Å². The number of halogens is 1. The summed E-state index contributed by atoms with van der Waals surface area (Å²) in [6, 6.07) is 4.28. The highest BCUT2D eigenvalue weighted by atomic mass is 79.9. The first-order valence-corrected chi connectivity index (χ1v) is 8.17. The molecule has 0 amide bonds. The Labute approximate surface area is 135 Å². The normalized spacial score (nSPS) is 23.1. The summed E-state index contributed by atoms with van der Waals surface area (Å²) in [5, 5.41) is 3.58. The van der Waals surface area contributed by atoms with E-state index in [1.165, 1.54) is 0 Å². The van der Waals surface area contributed by atoms with Gasteiger partial charge in [0, 0.05) is 17.5 Å². The Kier molecular flexibility index (Phi) is 5.90. The van der Waals surface area contributed by atoms with Crippen LogP contribution in [0.3, 0.4) is 0 Å². The monoisotopic (exact) mass is 357 g/mol. The minimum Gasteiger partial charge on any atom is -0.495 e. The molecule has 118 valence electrons. The molecule has 5 heteroatoms. The number of hydrogen-bond acceptors (Lipinski definition) is 4. The second-order valence-electron chi connectivity index (χ2n) is 5.38. The van der Waals surface area contributed by atoms with E-state index in [0.29, 0.717) is 12.0 Å². The Morgan fingerprint density at radius 2 is 2.14 bits per heavy atom. The Bertz CT molecular complexity index is 481. The maximum Gasteiger partial charge on any atom is 0.141 e. The van der Waals surface area contributed by atoms with Gasteiger partial charge in [0.15, 0.2) is 0 Å². The molecule has 1 aliphatic heterocycles. The molecule has 0 aliphatic carbocycles. The number of benzene rings is 1. The van der Waals surface area contributed by atoms with E-state index in [4.69, 9.17) is 14.2 Å². The molecule has 1 N–H and O–H groups in total. The molecule has 1 heterocycles. The summed E-state index contributed by atoms with van der Waals surface area (Å²) in [6.07, 6.45) is 1.38. The number of rotatable bonds is 6. The van der Waals surface area contributed by atoms with Crippen LogP contribution >= 0.6 is 15.9 Å². The van der Waals surface area contributed by atoms with Crippen molar-refractivity contribution in [3.63, 3.8) is 0 Å². The van der Waals surface area contributed by atoms with E-state index in [2.05, 4.69) is 41.2 Å². The summed E-state index contributed by atoms with van der Waals surface area (Å²) in [5.41, 5.74) is 1.15. The predicted molar refractivity (Wildman–Crippen MR) is 87.2 cm³/mol. The van der Waals surface area contributed by atoms with E-state index in [-0.39, 0.29) is 6.04 Å². The zero-order valence-corrected chi connectivity index (χ0v) is 14.7. The Balaban J connectivity index is 2.37. The topological polar surface area (TPSA) is 39.7 Å². The third-order valence-electron chi connectivity index (χ3n) is 3.98. The fourth-order valence-corrected chi connectivity index (χ4v) is 3.68. The van der Waals surface area contributed by atoms with Crippen molar-refractivity contribution in [2.75, 3.05) is 27.4 Å². The lowest BCUT2D eigenvalue weighted by Gasteiger charge is -2.26. The van der Waals surface area contributed by atoms with Crippen molar-refractivity contribution in [1.82, 2.24) is 5.32 Å². The van der Waals surface area contributed by atoms with Gasteiger partial charge in [0.25, 0.3) is 0 Å². The fraction of sp³-hybridized carbons (Fsp3) is 0.625. The van der Waals surface area contributed by atoms with Crippen molar-refractivity contribution in [2.45, 2.75) is 32.4 Å². The molecule has 1 fully saturated rings. The third-order valence-corrected chi connectivity index (χ3v) is 4.73. The van der Waals surface area contributed by atoms with Gasteiger partial charge in [0.05, 0.1) is 26.9 Å². The highest BCUT2D eigenvalue weighted by Crippen LogP contribution is 2.43. The van der Waals surface area contributed by atoms with Gasteiger partial charge in [-0.1, -0.05) is 6.92 Å². The van der Waals surface area contributed by atoms with Crippen LogP contribution in [0.15, 0.2) is 16.6 Å². The molecule has 0 spiro atoms. The summed E-state index contributed by atoms with van der Waals surface area (Å²) in [4.78, 5) is 0. The van der Waals surface area contributed by atoms with Gasteiger partial charge in [-0.05, 0) is 48.0 Å². The Hall–Kier alpha value is -0.780. The van der Waals surface area contributed by atoms with Crippen molar-refractivity contribution in [3.8, 4) is 11.5 Å². The molecule has 3 atom stereocenters. The smallest absolute Gasteiger partial charge is 0.141 e. The standard InChI is InChI=1S/C16H24BrNO3/c1-5-18-15(11-8-10(2)21-9-11)12-6-7-13(19-3)14(17)16(12)20-4/h6-7,10-11,15,18H,5,8-9H2,1-4H3. The van der Waals surface area contributed by atoms with E-state index in [0.717, 1.165) is 41.1 Å². The molecular formula is C16H24BrNO3. The number of hydrogen-bond donors (Lipinski definition) is 1. The van der Waals surface area contributed by atoms with E-state index < -0.39 is 0 Å². The number of nitrogens with one attached hydrogen (secondary N) is 1. The lowest BCUT2D eigenvalue weighted by atomic mass is 9.90. The summed E-state index contributed by atoms with van der Waals surface area (Å²) < 4.78 is 17.6. The van der Waals surface area contributed by atoms with Crippen LogP contribution in [0.25, 0.3) is 0 Å². The second kappa shape index (κ2) is 7.47. The van der Waals surface area contributed by atoms with Gasteiger partial charge < -0.3 is 19.5 Å². The summed E-state index contributed by atoms with van der Waals surface area (Å²) >= 11 is 3.58. The molecule has 0 bridgehead atoms. The van der Waals surface area contributed by atoms with E-state index >= 15 is 0 Å². The first-order valence-electron chi connectivity index (χ1n) is 7.37. The SMILES string of the molecule is CCNC(c1ccc(OC)c(Br)c1OC)C1COC(C)C1. The summed E-state index contributed by atoms with van der Waals surface area (Å²) in [5.74, 6) is 2.07. The van der Waals surface area contributed by atoms with Crippen LogP contribution in [0.4, 0.5) is 0 Å². The average molecular weight is 358 g/mol. The minimum atomic E-state index is 0.220. The molecule has 4 nitrogen and oxygen atoms in total. The lowest BCUT2D eigenvalue weighted by Crippen LogP contribution is -2.29. The molecular weight excluding hydrogens is 334 g/mol. The van der Waals surface area contributed by atoms with Crippen molar-refractivity contribution in [1.29, 1.82) is 0 Å². The summed E-state index contributed by atoms with van der Waals surface area (Å²) in [7, 11) is 3.35. The molecule has 1 aromatic rings. The van der Waals surface area contributed by atoms with Crippen LogP contribution in [0.5, 0.6) is 11.5 Å². The second-order valence-corrected chi connectivity index (χ2v) is 6.17. The predicted octanol–water partition coefficient (Wildman–Crippen LogP) is 3.54. The quantitative estimate of drug-likeness (QED) is 0.844. The highest BCUT2D eigenvalue weighted by Gasteiger charge is 2.32. The molecule has 1 aliphatic rings. The van der Waals surface area contributed by atoms with Crippen molar-refractivity contribution >= 4 is 15.9 Å². The molecule has 1 saturated heterocycles. The maximum absolute atomic E-state index is 5.75. The minimum absolute atomic E-state index is 0.220. The molecule has 0 radical (unpaired) electrons. The Morgan fingerprint density at radius 3 is 2.67 bits per heavy atom. The van der Waals surface area contributed by atoms with Crippen LogP contribution < -0.4 is 14.8 Å². The molecule has 21 heavy (non-hydrogen) atoms. The van der Waals surface area contributed by atoms with Crippen LogP contribution in [0.2, 0.25) is 0 Å². The lowest BCUT2D eigenvalue weighted by molar-refractivity contribution is 0.117. The first-order chi connectivity index (χ1) is 10.1. The zero-order valence-electron chi connectivity index (χ0n) is 13.1. The molecule has 0 aromatic heterocycles. The van der Waals surface area contributed by atoms with Gasteiger partial charge >= 0.3 is 0 Å². The third kappa shape index (κ3) is 3.52. The molecule has 1 aromatic carbocycles. The molecule has 2 rings (SSSR count). The van der Waals surface area contributed by atoms with Gasteiger partial charge in [0.1, 0.15) is 16.0 Å². The van der Waals surface area contributed by atoms with Crippen LogP contribution in [-0.2, 0) is 4.74 Å². The van der Waals surface area contributed by atoms with Gasteiger partial charge in [0.2, 0.25) is 0 Å². The van der Waals surface area contributed by atoms with E-state index in [1.807, 2.05) is 6.07 Å². The molecule has 3 unspecified atom stereocenters. The van der Waals surface area contributed by atoms with Gasteiger partial charge in [-0.2, -0.15) is 0 Å². The van der Waals surface area contributed by atoms with Gasteiger partial charge in [-0.25, -0.2) is 0 Å². The van der Waals surface area contributed by atoms with Crippen molar-refractivity contribution < 1.29 is 14.2 Å². The average Bonchev–Trinajstić information content (AvgIpc) is 2.91. The first kappa shape index (κ1) is 16.6. The van der Waals surface area contributed by atoms with E-state index in [1.54, 1.807) is 14.2 Å². The number of ether oxygens (including phenoxy) is 3. The van der Waals surface area contributed by atoms with Crippen LogP contribution in [-0.4, -0.2) is 33.5 Å². The molecule has 0 saturated carbocycles. The van der Waals surface area contributed by atoms with Gasteiger partial charge in [-0.15, -0.1) is 0 Å². The van der Waals surface area contributed by atoms with Crippen LogP contribution in [0, 0.1) is 5.92 Å². The largest absolute Gasteiger partial charge is 0.495 e. The number of methoxy groups -OCH3 is 2. The Morgan fingerprint density at radius 1 is 1.38 bits per heavy atom. The fourth-order valence-electron chi connectivity index (χ4n) is 3.00. The van der Waals surface area contributed by atoms with E-state index in [9.17, 15) is 0 Å².